The monoisotopic (exact) mass is 368 g/mol. The lowest BCUT2D eigenvalue weighted by molar-refractivity contribution is -0.147. The number of aryl methyl sites for hydroxylation is 1. The molecule has 1 aromatic heterocycles. The van der Waals surface area contributed by atoms with E-state index in [4.69, 9.17) is 13.9 Å². The number of fused-ring (bicyclic) bond motifs is 1. The first-order chi connectivity index (χ1) is 12.9. The second kappa shape index (κ2) is 7.53. The normalized spacial score (nSPS) is 11.9. The molecular weight excluding hydrogens is 348 g/mol. The molecule has 27 heavy (non-hydrogen) atoms. The standard InChI is InChI=1S/C21H20O6/c1-12-17-10-9-16(26-13(2)20(22)25-4)11-18(17)27-21(23)19(12)14-5-7-15(24-3)8-6-14/h5-11,13H,1-4H3/t13-/m0/s1. The van der Waals surface area contributed by atoms with Gasteiger partial charge in [-0.05, 0) is 49.2 Å². The van der Waals surface area contributed by atoms with Gasteiger partial charge >= 0.3 is 11.6 Å². The number of hydrogen-bond acceptors (Lipinski definition) is 6. The number of methoxy groups -OCH3 is 2. The zero-order chi connectivity index (χ0) is 19.6. The van der Waals surface area contributed by atoms with Gasteiger partial charge in [-0.3, -0.25) is 0 Å². The van der Waals surface area contributed by atoms with Crippen LogP contribution in [0.25, 0.3) is 22.1 Å². The maximum absolute atomic E-state index is 12.6. The summed E-state index contributed by atoms with van der Waals surface area (Å²) in [5, 5.41) is 0.790. The quantitative estimate of drug-likeness (QED) is 0.505. The Morgan fingerprint density at radius 3 is 2.33 bits per heavy atom. The van der Waals surface area contributed by atoms with Crippen molar-refractivity contribution in [3.8, 4) is 22.6 Å². The highest BCUT2D eigenvalue weighted by atomic mass is 16.6. The van der Waals surface area contributed by atoms with Gasteiger partial charge in [-0.2, -0.15) is 0 Å². The molecule has 2 aromatic carbocycles. The number of carbonyl (C=O) groups is 1. The second-order valence-electron chi connectivity index (χ2n) is 6.06. The molecule has 0 aliphatic rings. The number of esters is 1. The maximum Gasteiger partial charge on any atom is 0.346 e. The van der Waals surface area contributed by atoms with E-state index in [-0.39, 0.29) is 0 Å². The van der Waals surface area contributed by atoms with Gasteiger partial charge < -0.3 is 18.6 Å². The Kier molecular flexibility index (Phi) is 5.16. The lowest BCUT2D eigenvalue weighted by Gasteiger charge is -2.13. The minimum absolute atomic E-state index is 0.393. The fraction of sp³-hybridized carbons (Fsp3) is 0.238. The first-order valence-electron chi connectivity index (χ1n) is 8.41. The Morgan fingerprint density at radius 1 is 1.04 bits per heavy atom. The van der Waals surface area contributed by atoms with Crippen molar-refractivity contribution in [3.63, 3.8) is 0 Å². The molecule has 140 valence electrons. The third-order valence-corrected chi connectivity index (χ3v) is 4.36. The topological polar surface area (TPSA) is 75.0 Å². The molecule has 1 heterocycles. The van der Waals surface area contributed by atoms with E-state index in [0.717, 1.165) is 16.5 Å². The molecule has 3 rings (SSSR count). The molecule has 0 spiro atoms. The van der Waals surface area contributed by atoms with Gasteiger partial charge in [0, 0.05) is 11.5 Å². The molecular formula is C21H20O6. The van der Waals surface area contributed by atoms with E-state index in [1.807, 2.05) is 19.1 Å². The molecule has 1 atom stereocenters. The van der Waals surface area contributed by atoms with Crippen molar-refractivity contribution >= 4 is 16.9 Å². The van der Waals surface area contributed by atoms with Gasteiger partial charge in [-0.15, -0.1) is 0 Å². The predicted molar refractivity (Wildman–Crippen MR) is 101 cm³/mol. The van der Waals surface area contributed by atoms with Gasteiger partial charge in [0.25, 0.3) is 0 Å². The highest BCUT2D eigenvalue weighted by Gasteiger charge is 2.17. The third kappa shape index (κ3) is 3.65. The number of ether oxygens (including phenoxy) is 3. The molecule has 0 aliphatic carbocycles. The van der Waals surface area contributed by atoms with Crippen LogP contribution in [-0.2, 0) is 9.53 Å². The summed E-state index contributed by atoms with van der Waals surface area (Å²) in [6.07, 6.45) is -0.765. The van der Waals surface area contributed by atoms with Gasteiger partial charge in [0.15, 0.2) is 6.10 Å². The summed E-state index contributed by atoms with van der Waals surface area (Å²) in [5.41, 5.74) is 2.01. The molecule has 6 nitrogen and oxygen atoms in total. The molecule has 0 saturated heterocycles. The number of carbonyl (C=O) groups excluding carboxylic acids is 1. The maximum atomic E-state index is 12.6. The van der Waals surface area contributed by atoms with Gasteiger partial charge in [-0.1, -0.05) is 12.1 Å². The van der Waals surface area contributed by atoms with Gasteiger partial charge in [0.05, 0.1) is 19.8 Å². The fourth-order valence-corrected chi connectivity index (χ4v) is 2.92. The molecule has 0 aliphatic heterocycles. The summed E-state index contributed by atoms with van der Waals surface area (Å²) in [5.74, 6) is 0.644. The summed E-state index contributed by atoms with van der Waals surface area (Å²) >= 11 is 0. The zero-order valence-corrected chi connectivity index (χ0v) is 15.6. The molecule has 0 saturated carbocycles. The fourth-order valence-electron chi connectivity index (χ4n) is 2.92. The Balaban J connectivity index is 2.03. The van der Waals surface area contributed by atoms with E-state index in [9.17, 15) is 9.59 Å². The molecule has 0 bridgehead atoms. The van der Waals surface area contributed by atoms with Crippen LogP contribution in [-0.4, -0.2) is 26.3 Å². The Labute approximate surface area is 156 Å². The molecule has 0 fully saturated rings. The number of benzene rings is 2. The van der Waals surface area contributed by atoms with Crippen LogP contribution < -0.4 is 15.1 Å². The summed E-state index contributed by atoms with van der Waals surface area (Å²) in [7, 11) is 2.89. The van der Waals surface area contributed by atoms with E-state index >= 15 is 0 Å². The van der Waals surface area contributed by atoms with Crippen LogP contribution in [0, 0.1) is 6.92 Å². The van der Waals surface area contributed by atoms with Crippen LogP contribution in [0.4, 0.5) is 0 Å². The minimum Gasteiger partial charge on any atom is -0.497 e. The SMILES string of the molecule is COC(=O)[C@H](C)Oc1ccc2c(C)c(-c3ccc(OC)cc3)c(=O)oc2c1. The van der Waals surface area contributed by atoms with Crippen molar-refractivity contribution in [1.82, 2.24) is 0 Å². The van der Waals surface area contributed by atoms with Crippen molar-refractivity contribution in [1.29, 1.82) is 0 Å². The third-order valence-electron chi connectivity index (χ3n) is 4.36. The van der Waals surface area contributed by atoms with E-state index in [2.05, 4.69) is 4.74 Å². The van der Waals surface area contributed by atoms with Crippen molar-refractivity contribution < 1.29 is 23.4 Å². The number of rotatable bonds is 5. The van der Waals surface area contributed by atoms with Crippen LogP contribution in [0.5, 0.6) is 11.5 Å². The molecule has 0 unspecified atom stereocenters. The number of hydrogen-bond donors (Lipinski definition) is 0. The predicted octanol–water partition coefficient (Wildman–Crippen LogP) is 3.72. The van der Waals surface area contributed by atoms with Crippen LogP contribution >= 0.6 is 0 Å². The van der Waals surface area contributed by atoms with Crippen molar-refractivity contribution in [2.75, 3.05) is 14.2 Å². The lowest BCUT2D eigenvalue weighted by Crippen LogP contribution is -2.24. The lowest BCUT2D eigenvalue weighted by atomic mass is 9.99. The molecule has 6 heteroatoms. The average molecular weight is 368 g/mol. The first-order valence-corrected chi connectivity index (χ1v) is 8.41. The average Bonchev–Trinajstić information content (AvgIpc) is 2.67. The largest absolute Gasteiger partial charge is 0.497 e. The molecule has 0 N–H and O–H groups in total. The van der Waals surface area contributed by atoms with E-state index in [1.54, 1.807) is 44.4 Å². The van der Waals surface area contributed by atoms with Gasteiger partial charge in [-0.25, -0.2) is 9.59 Å². The highest BCUT2D eigenvalue weighted by molar-refractivity contribution is 5.87. The second-order valence-corrected chi connectivity index (χ2v) is 6.06. The van der Waals surface area contributed by atoms with E-state index in [1.165, 1.54) is 7.11 Å². The van der Waals surface area contributed by atoms with E-state index < -0.39 is 17.7 Å². The van der Waals surface area contributed by atoms with Crippen LogP contribution in [0.2, 0.25) is 0 Å². The molecule has 0 radical (unpaired) electrons. The molecule has 3 aromatic rings. The van der Waals surface area contributed by atoms with Gasteiger partial charge in [0.2, 0.25) is 0 Å². The van der Waals surface area contributed by atoms with Crippen molar-refractivity contribution in [2.45, 2.75) is 20.0 Å². The summed E-state index contributed by atoms with van der Waals surface area (Å²) < 4.78 is 20.9. The summed E-state index contributed by atoms with van der Waals surface area (Å²) in [4.78, 5) is 24.1. The molecule has 0 amide bonds. The van der Waals surface area contributed by atoms with Crippen LogP contribution in [0.3, 0.4) is 0 Å². The Bertz CT molecular complexity index is 1030. The first kappa shape index (κ1) is 18.5. The van der Waals surface area contributed by atoms with Crippen LogP contribution in [0.1, 0.15) is 12.5 Å². The van der Waals surface area contributed by atoms with Crippen molar-refractivity contribution in [2.24, 2.45) is 0 Å². The Morgan fingerprint density at radius 2 is 1.70 bits per heavy atom. The van der Waals surface area contributed by atoms with E-state index in [0.29, 0.717) is 22.6 Å². The summed E-state index contributed by atoms with van der Waals surface area (Å²) in [6.45, 7) is 3.46. The van der Waals surface area contributed by atoms with Crippen LogP contribution in [0.15, 0.2) is 51.7 Å². The van der Waals surface area contributed by atoms with Crippen molar-refractivity contribution in [3.05, 3.63) is 58.4 Å². The smallest absolute Gasteiger partial charge is 0.346 e. The Hall–Kier alpha value is -3.28. The minimum atomic E-state index is -0.765. The summed E-state index contributed by atoms with van der Waals surface area (Å²) in [6, 6.07) is 12.4. The highest BCUT2D eigenvalue weighted by Crippen LogP contribution is 2.30. The zero-order valence-electron chi connectivity index (χ0n) is 15.6. The van der Waals surface area contributed by atoms with Gasteiger partial charge in [0.1, 0.15) is 17.1 Å².